The Bertz CT molecular complexity index is 496. The Kier molecular flexibility index (Phi) is 3.38. The lowest BCUT2D eigenvalue weighted by Gasteiger charge is -2.05. The quantitative estimate of drug-likeness (QED) is 0.549. The van der Waals surface area contributed by atoms with Gasteiger partial charge < -0.3 is 4.90 Å². The number of ketones is 1. The van der Waals surface area contributed by atoms with Crippen molar-refractivity contribution in [2.45, 2.75) is 12.8 Å². The van der Waals surface area contributed by atoms with Gasteiger partial charge in [-0.15, -0.1) is 0 Å². The van der Waals surface area contributed by atoms with E-state index < -0.39 is 17.4 Å². The SMILES string of the molecule is O=C(C#CN1CCCC1)c1ccc(F)c(F)c1. The van der Waals surface area contributed by atoms with Gasteiger partial charge in [-0.3, -0.25) is 4.79 Å². The van der Waals surface area contributed by atoms with Crippen LogP contribution >= 0.6 is 0 Å². The standard InChI is InChI=1S/C13H11F2NO/c14-11-4-3-10(9-12(11)15)13(17)5-8-16-6-1-2-7-16/h3-4,9H,1-2,6-7H2. The first-order valence-electron chi connectivity index (χ1n) is 5.43. The van der Waals surface area contributed by atoms with Crippen molar-refractivity contribution in [3.05, 3.63) is 35.4 Å². The average Bonchev–Trinajstić information content (AvgIpc) is 2.82. The van der Waals surface area contributed by atoms with Crippen molar-refractivity contribution >= 4 is 5.78 Å². The number of halogens is 2. The van der Waals surface area contributed by atoms with E-state index in [1.165, 1.54) is 6.07 Å². The second-order valence-corrected chi connectivity index (χ2v) is 3.89. The predicted octanol–water partition coefficient (Wildman–Crippen LogP) is 2.20. The van der Waals surface area contributed by atoms with Crippen molar-refractivity contribution < 1.29 is 13.6 Å². The number of Topliss-reactive ketones (excluding diaryl/α,β-unsaturated/α-hetero) is 1. The number of rotatable bonds is 1. The van der Waals surface area contributed by atoms with Crippen LogP contribution in [0, 0.1) is 23.6 Å². The highest BCUT2D eigenvalue weighted by Gasteiger charge is 2.09. The minimum absolute atomic E-state index is 0.0793. The zero-order valence-electron chi connectivity index (χ0n) is 9.17. The van der Waals surface area contributed by atoms with Crippen LogP contribution in [0.2, 0.25) is 0 Å². The van der Waals surface area contributed by atoms with Gasteiger partial charge in [-0.2, -0.15) is 0 Å². The molecule has 0 atom stereocenters. The lowest BCUT2D eigenvalue weighted by Crippen LogP contribution is -2.12. The Labute approximate surface area is 98.2 Å². The van der Waals surface area contributed by atoms with Crippen LogP contribution in [0.15, 0.2) is 18.2 Å². The molecule has 0 radical (unpaired) electrons. The third-order valence-corrected chi connectivity index (χ3v) is 2.62. The van der Waals surface area contributed by atoms with E-state index in [-0.39, 0.29) is 5.56 Å². The summed E-state index contributed by atoms with van der Waals surface area (Å²) >= 11 is 0. The first-order valence-corrected chi connectivity index (χ1v) is 5.43. The first-order chi connectivity index (χ1) is 8.16. The maximum absolute atomic E-state index is 12.9. The molecule has 0 N–H and O–H groups in total. The van der Waals surface area contributed by atoms with Crippen molar-refractivity contribution in [3.63, 3.8) is 0 Å². The number of benzene rings is 1. The molecule has 1 aromatic carbocycles. The second-order valence-electron chi connectivity index (χ2n) is 3.89. The third kappa shape index (κ3) is 2.82. The van der Waals surface area contributed by atoms with Crippen molar-refractivity contribution in [1.82, 2.24) is 4.90 Å². The van der Waals surface area contributed by atoms with Gasteiger partial charge in [0.15, 0.2) is 11.6 Å². The summed E-state index contributed by atoms with van der Waals surface area (Å²) in [6, 6.07) is 5.77. The smallest absolute Gasteiger partial charge is 0.237 e. The van der Waals surface area contributed by atoms with Crippen LogP contribution in [0.5, 0.6) is 0 Å². The summed E-state index contributed by atoms with van der Waals surface area (Å²) in [5.41, 5.74) is 0.0793. The Hall–Kier alpha value is -1.89. The molecule has 4 heteroatoms. The van der Waals surface area contributed by atoms with Gasteiger partial charge in [0.2, 0.25) is 5.78 Å². The normalized spacial score (nSPS) is 14.4. The van der Waals surface area contributed by atoms with E-state index in [2.05, 4.69) is 12.0 Å². The van der Waals surface area contributed by atoms with Crippen LogP contribution in [-0.4, -0.2) is 23.8 Å². The molecule has 0 aliphatic carbocycles. The fraction of sp³-hybridized carbons (Fsp3) is 0.308. The van der Waals surface area contributed by atoms with Crippen molar-refractivity contribution in [2.24, 2.45) is 0 Å². The molecule has 0 unspecified atom stereocenters. The summed E-state index contributed by atoms with van der Waals surface area (Å²) in [5.74, 6) is -0.0473. The van der Waals surface area contributed by atoms with Crippen LogP contribution in [0.25, 0.3) is 0 Å². The van der Waals surface area contributed by atoms with Crippen LogP contribution in [0.1, 0.15) is 23.2 Å². The van der Waals surface area contributed by atoms with Crippen LogP contribution in [-0.2, 0) is 0 Å². The van der Waals surface area contributed by atoms with Crippen molar-refractivity contribution in [2.75, 3.05) is 13.1 Å². The summed E-state index contributed by atoms with van der Waals surface area (Å²) in [5, 5.41) is 0. The summed E-state index contributed by atoms with van der Waals surface area (Å²) in [7, 11) is 0. The average molecular weight is 235 g/mol. The molecular formula is C13H11F2NO. The molecule has 17 heavy (non-hydrogen) atoms. The van der Waals surface area contributed by atoms with Gasteiger partial charge in [0.1, 0.15) is 0 Å². The maximum atomic E-state index is 12.9. The molecular weight excluding hydrogens is 224 g/mol. The van der Waals surface area contributed by atoms with Gasteiger partial charge in [-0.1, -0.05) is 0 Å². The number of hydrogen-bond acceptors (Lipinski definition) is 2. The van der Waals surface area contributed by atoms with E-state index in [0.717, 1.165) is 38.1 Å². The molecule has 0 aromatic heterocycles. The molecule has 1 fully saturated rings. The van der Waals surface area contributed by atoms with E-state index in [9.17, 15) is 13.6 Å². The van der Waals surface area contributed by atoms with E-state index in [4.69, 9.17) is 0 Å². The minimum atomic E-state index is -1.03. The van der Waals surface area contributed by atoms with Gasteiger partial charge in [-0.25, -0.2) is 8.78 Å². The molecule has 0 bridgehead atoms. The second kappa shape index (κ2) is 4.96. The monoisotopic (exact) mass is 235 g/mol. The summed E-state index contributed by atoms with van der Waals surface area (Å²) in [6.45, 7) is 1.72. The molecule has 0 spiro atoms. The highest BCUT2D eigenvalue weighted by Crippen LogP contribution is 2.09. The number of hydrogen-bond donors (Lipinski definition) is 0. The number of carbonyl (C=O) groups is 1. The van der Waals surface area contributed by atoms with Crippen LogP contribution in [0.4, 0.5) is 8.78 Å². The fourth-order valence-corrected chi connectivity index (χ4v) is 1.67. The molecule has 1 aliphatic heterocycles. The van der Waals surface area contributed by atoms with E-state index in [1.807, 2.05) is 4.90 Å². The summed E-state index contributed by atoms with van der Waals surface area (Å²) in [6.07, 6.45) is 2.15. The Balaban J connectivity index is 2.11. The third-order valence-electron chi connectivity index (χ3n) is 2.62. The van der Waals surface area contributed by atoms with E-state index in [0.29, 0.717) is 0 Å². The number of carbonyl (C=O) groups excluding carboxylic acids is 1. The summed E-state index contributed by atoms with van der Waals surface area (Å²) in [4.78, 5) is 13.4. The lowest BCUT2D eigenvalue weighted by molar-refractivity contribution is 0.105. The fourth-order valence-electron chi connectivity index (χ4n) is 1.67. The molecule has 0 saturated carbocycles. The van der Waals surface area contributed by atoms with E-state index >= 15 is 0 Å². The van der Waals surface area contributed by atoms with Gasteiger partial charge in [0, 0.05) is 24.7 Å². The Morgan fingerprint density at radius 3 is 2.53 bits per heavy atom. The number of nitrogens with zero attached hydrogens (tertiary/aromatic N) is 1. The van der Waals surface area contributed by atoms with Crippen molar-refractivity contribution in [3.8, 4) is 12.0 Å². The van der Waals surface area contributed by atoms with Gasteiger partial charge in [-0.05, 0) is 37.0 Å². The number of likely N-dealkylation sites (tertiary alicyclic amines) is 1. The van der Waals surface area contributed by atoms with Gasteiger partial charge >= 0.3 is 0 Å². The molecule has 88 valence electrons. The first kappa shape index (κ1) is 11.6. The molecule has 2 nitrogen and oxygen atoms in total. The van der Waals surface area contributed by atoms with Gasteiger partial charge in [0.25, 0.3) is 0 Å². The topological polar surface area (TPSA) is 20.3 Å². The Morgan fingerprint density at radius 2 is 1.88 bits per heavy atom. The lowest BCUT2D eigenvalue weighted by atomic mass is 10.1. The molecule has 1 aromatic rings. The minimum Gasteiger partial charge on any atom is -0.332 e. The van der Waals surface area contributed by atoms with Crippen LogP contribution < -0.4 is 0 Å². The molecule has 2 rings (SSSR count). The molecule has 1 saturated heterocycles. The van der Waals surface area contributed by atoms with Crippen LogP contribution in [0.3, 0.4) is 0 Å². The highest BCUT2D eigenvalue weighted by atomic mass is 19.2. The molecule has 1 aliphatic rings. The highest BCUT2D eigenvalue weighted by molar-refractivity contribution is 6.08. The summed E-state index contributed by atoms with van der Waals surface area (Å²) < 4.78 is 25.6. The van der Waals surface area contributed by atoms with Gasteiger partial charge in [0.05, 0.1) is 0 Å². The van der Waals surface area contributed by atoms with E-state index in [1.54, 1.807) is 0 Å². The van der Waals surface area contributed by atoms with Crippen molar-refractivity contribution in [1.29, 1.82) is 0 Å². The predicted molar refractivity (Wildman–Crippen MR) is 59.3 cm³/mol. The largest absolute Gasteiger partial charge is 0.332 e. The zero-order valence-corrected chi connectivity index (χ0v) is 9.17. The maximum Gasteiger partial charge on any atom is 0.237 e. The molecule has 1 heterocycles. The molecule has 0 amide bonds. The zero-order chi connectivity index (χ0) is 12.3. The Morgan fingerprint density at radius 1 is 1.18 bits per heavy atom.